The molecule has 1 heterocycles. The van der Waals surface area contributed by atoms with Crippen LogP contribution in [-0.2, 0) is 11.0 Å². The summed E-state index contributed by atoms with van der Waals surface area (Å²) in [5, 5.41) is 6.38. The summed E-state index contributed by atoms with van der Waals surface area (Å²) in [7, 11) is 0. The number of amides is 1. The summed E-state index contributed by atoms with van der Waals surface area (Å²) >= 11 is 0. The van der Waals surface area contributed by atoms with E-state index in [1.807, 2.05) is 0 Å². The normalized spacial score (nSPS) is 18.2. The van der Waals surface area contributed by atoms with Gasteiger partial charge in [-0.25, -0.2) is 0 Å². The number of hydrogen-bond donors (Lipinski definition) is 1. The van der Waals surface area contributed by atoms with Crippen molar-refractivity contribution in [1.29, 1.82) is 0 Å². The summed E-state index contributed by atoms with van der Waals surface area (Å²) < 4.78 is 38.9. The predicted molar refractivity (Wildman–Crippen MR) is 67.1 cm³/mol. The van der Waals surface area contributed by atoms with Gasteiger partial charge in [0.25, 0.3) is 0 Å². The molecule has 7 heteroatoms. The molecule has 1 atom stereocenters. The Morgan fingerprint density at radius 3 is 2.55 bits per heavy atom. The van der Waals surface area contributed by atoms with Crippen LogP contribution in [0.4, 0.5) is 13.2 Å². The van der Waals surface area contributed by atoms with Gasteiger partial charge >= 0.3 is 6.18 Å². The Kier molecular flexibility index (Phi) is 4.06. The maximum atomic E-state index is 12.6. The molecule has 0 aromatic carbocycles. The van der Waals surface area contributed by atoms with Crippen LogP contribution in [0.1, 0.15) is 50.0 Å². The summed E-state index contributed by atoms with van der Waals surface area (Å²) in [5.41, 5.74) is -0.637. The molecule has 0 saturated heterocycles. The Hall–Kier alpha value is -1.53. The largest absolute Gasteiger partial charge is 0.435 e. The minimum absolute atomic E-state index is 0.142. The Morgan fingerprint density at radius 1 is 1.45 bits per heavy atom. The van der Waals surface area contributed by atoms with E-state index in [0.29, 0.717) is 5.69 Å². The minimum Gasteiger partial charge on any atom is -0.352 e. The van der Waals surface area contributed by atoms with E-state index in [4.69, 9.17) is 0 Å². The average molecular weight is 289 g/mol. The fourth-order valence-electron chi connectivity index (χ4n) is 2.52. The Labute approximate surface area is 115 Å². The van der Waals surface area contributed by atoms with Crippen molar-refractivity contribution >= 4 is 5.91 Å². The summed E-state index contributed by atoms with van der Waals surface area (Å²) in [6.07, 6.45) is -0.455. The second-order valence-electron chi connectivity index (χ2n) is 5.28. The van der Waals surface area contributed by atoms with Gasteiger partial charge in [-0.3, -0.25) is 9.48 Å². The topological polar surface area (TPSA) is 46.9 Å². The third kappa shape index (κ3) is 3.13. The molecular formula is C13H18F3N3O. The predicted octanol–water partition coefficient (Wildman–Crippen LogP) is 2.83. The smallest absolute Gasteiger partial charge is 0.352 e. The molecule has 20 heavy (non-hydrogen) atoms. The maximum absolute atomic E-state index is 12.6. The molecule has 1 aliphatic rings. The standard InChI is InChI=1S/C13H18F3N3O/c1-8-7-11(13(14,15)16)18-19(8)9(2)12(20)17-10-5-3-4-6-10/h7,9-10H,3-6H2,1-2H3,(H,17,20)/t9-/m1/s1. The number of aromatic nitrogens is 2. The lowest BCUT2D eigenvalue weighted by Gasteiger charge is -2.18. The second kappa shape index (κ2) is 5.46. The van der Waals surface area contributed by atoms with Crippen LogP contribution in [0.15, 0.2) is 6.07 Å². The molecular weight excluding hydrogens is 271 g/mol. The third-order valence-corrected chi connectivity index (χ3v) is 3.66. The molecule has 0 bridgehead atoms. The Bertz CT molecular complexity index is 490. The van der Waals surface area contributed by atoms with E-state index in [9.17, 15) is 18.0 Å². The molecule has 0 spiro atoms. The summed E-state index contributed by atoms with van der Waals surface area (Å²) in [6, 6.07) is 0.355. The SMILES string of the molecule is Cc1cc(C(F)(F)F)nn1[C@H](C)C(=O)NC1CCCC1. The van der Waals surface area contributed by atoms with Crippen molar-refractivity contribution in [1.82, 2.24) is 15.1 Å². The Balaban J connectivity index is 2.09. The number of rotatable bonds is 3. The average Bonchev–Trinajstić information content (AvgIpc) is 2.96. The molecule has 112 valence electrons. The van der Waals surface area contributed by atoms with Gasteiger partial charge in [-0.15, -0.1) is 0 Å². The van der Waals surface area contributed by atoms with E-state index in [1.165, 1.54) is 6.92 Å². The summed E-state index contributed by atoms with van der Waals surface area (Å²) in [5.74, 6) is -0.281. The third-order valence-electron chi connectivity index (χ3n) is 3.66. The van der Waals surface area contributed by atoms with Crippen molar-refractivity contribution in [2.75, 3.05) is 0 Å². The molecule has 0 unspecified atom stereocenters. The second-order valence-corrected chi connectivity index (χ2v) is 5.28. The van der Waals surface area contributed by atoms with E-state index >= 15 is 0 Å². The van der Waals surface area contributed by atoms with Crippen molar-refractivity contribution in [3.05, 3.63) is 17.5 Å². The number of carbonyl (C=O) groups is 1. The van der Waals surface area contributed by atoms with Gasteiger partial charge in [0.15, 0.2) is 5.69 Å². The van der Waals surface area contributed by atoms with Crippen molar-refractivity contribution in [2.45, 2.75) is 57.8 Å². The Morgan fingerprint density at radius 2 is 2.05 bits per heavy atom. The van der Waals surface area contributed by atoms with Crippen molar-refractivity contribution < 1.29 is 18.0 Å². The van der Waals surface area contributed by atoms with Gasteiger partial charge in [0.1, 0.15) is 6.04 Å². The molecule has 1 N–H and O–H groups in total. The van der Waals surface area contributed by atoms with Crippen molar-refractivity contribution in [2.24, 2.45) is 0 Å². The highest BCUT2D eigenvalue weighted by molar-refractivity contribution is 5.80. The molecule has 2 rings (SSSR count). The molecule has 1 aromatic heterocycles. The van der Waals surface area contributed by atoms with Crippen LogP contribution >= 0.6 is 0 Å². The molecule has 1 aliphatic carbocycles. The van der Waals surface area contributed by atoms with E-state index < -0.39 is 17.9 Å². The molecule has 1 saturated carbocycles. The molecule has 1 amide bonds. The first-order chi connectivity index (χ1) is 9.29. The monoisotopic (exact) mass is 289 g/mol. The molecule has 0 radical (unpaired) electrons. The number of nitrogens with zero attached hydrogens (tertiary/aromatic N) is 2. The van der Waals surface area contributed by atoms with Gasteiger partial charge < -0.3 is 5.32 Å². The highest BCUT2D eigenvalue weighted by Gasteiger charge is 2.35. The quantitative estimate of drug-likeness (QED) is 0.930. The van der Waals surface area contributed by atoms with E-state index in [-0.39, 0.29) is 11.9 Å². The zero-order valence-corrected chi connectivity index (χ0v) is 11.5. The highest BCUT2D eigenvalue weighted by atomic mass is 19.4. The fourth-order valence-corrected chi connectivity index (χ4v) is 2.52. The van der Waals surface area contributed by atoms with Crippen LogP contribution in [0, 0.1) is 6.92 Å². The van der Waals surface area contributed by atoms with Gasteiger partial charge in [0.2, 0.25) is 5.91 Å². The summed E-state index contributed by atoms with van der Waals surface area (Å²) in [6.45, 7) is 3.08. The van der Waals surface area contributed by atoms with Crippen LogP contribution < -0.4 is 5.32 Å². The zero-order chi connectivity index (χ0) is 14.9. The number of aryl methyl sites for hydroxylation is 1. The van der Waals surface area contributed by atoms with Crippen LogP contribution in [0.5, 0.6) is 0 Å². The highest BCUT2D eigenvalue weighted by Crippen LogP contribution is 2.29. The van der Waals surface area contributed by atoms with Crippen LogP contribution in [0.25, 0.3) is 0 Å². The lowest BCUT2D eigenvalue weighted by atomic mass is 10.2. The first kappa shape index (κ1) is 14.9. The fraction of sp³-hybridized carbons (Fsp3) is 0.692. The van der Waals surface area contributed by atoms with Crippen molar-refractivity contribution in [3.63, 3.8) is 0 Å². The van der Waals surface area contributed by atoms with Crippen LogP contribution in [0.2, 0.25) is 0 Å². The van der Waals surface area contributed by atoms with Gasteiger partial charge in [0.05, 0.1) is 0 Å². The zero-order valence-electron chi connectivity index (χ0n) is 11.5. The lowest BCUT2D eigenvalue weighted by molar-refractivity contribution is -0.142. The van der Waals surface area contributed by atoms with Gasteiger partial charge in [-0.1, -0.05) is 12.8 Å². The maximum Gasteiger partial charge on any atom is 0.435 e. The van der Waals surface area contributed by atoms with E-state index in [0.717, 1.165) is 36.4 Å². The van der Waals surface area contributed by atoms with E-state index in [1.54, 1.807) is 6.92 Å². The number of carbonyl (C=O) groups excluding carboxylic acids is 1. The van der Waals surface area contributed by atoms with Crippen molar-refractivity contribution in [3.8, 4) is 0 Å². The number of hydrogen-bond acceptors (Lipinski definition) is 2. The van der Waals surface area contributed by atoms with Crippen LogP contribution in [0.3, 0.4) is 0 Å². The minimum atomic E-state index is -4.49. The first-order valence-corrected chi connectivity index (χ1v) is 6.73. The first-order valence-electron chi connectivity index (χ1n) is 6.73. The molecule has 1 aromatic rings. The number of alkyl halides is 3. The van der Waals surface area contributed by atoms with Gasteiger partial charge in [-0.2, -0.15) is 18.3 Å². The number of halogens is 3. The number of nitrogens with one attached hydrogen (secondary N) is 1. The van der Waals surface area contributed by atoms with Crippen LogP contribution in [-0.4, -0.2) is 21.7 Å². The summed E-state index contributed by atoms with van der Waals surface area (Å²) in [4.78, 5) is 12.1. The lowest BCUT2D eigenvalue weighted by Crippen LogP contribution is -2.38. The molecule has 0 aliphatic heterocycles. The van der Waals surface area contributed by atoms with Gasteiger partial charge in [-0.05, 0) is 32.8 Å². The molecule has 4 nitrogen and oxygen atoms in total. The molecule has 1 fully saturated rings. The van der Waals surface area contributed by atoms with E-state index in [2.05, 4.69) is 10.4 Å². The van der Waals surface area contributed by atoms with Gasteiger partial charge in [0, 0.05) is 11.7 Å².